The summed E-state index contributed by atoms with van der Waals surface area (Å²) in [6.07, 6.45) is -0.158. The normalized spacial score (nSPS) is 12.0. The van der Waals surface area contributed by atoms with Gasteiger partial charge in [0.2, 0.25) is 5.91 Å². The molecule has 0 saturated heterocycles. The van der Waals surface area contributed by atoms with E-state index >= 15 is 0 Å². The molecule has 1 aromatic rings. The molecule has 0 aliphatic carbocycles. The minimum Gasteiger partial charge on any atom is -0.480 e. The molecule has 1 rings (SSSR count). The predicted octanol–water partition coefficient (Wildman–Crippen LogP) is 2.01. The maximum absolute atomic E-state index is 12.7. The van der Waals surface area contributed by atoms with Crippen molar-refractivity contribution in [3.63, 3.8) is 0 Å². The van der Waals surface area contributed by atoms with Gasteiger partial charge < -0.3 is 10.4 Å². The first kappa shape index (κ1) is 16.8. The fourth-order valence-electron chi connectivity index (χ4n) is 1.77. The number of benzene rings is 1. The van der Waals surface area contributed by atoms with Crippen molar-refractivity contribution in [1.29, 1.82) is 0 Å². The van der Waals surface area contributed by atoms with Crippen LogP contribution in [0.25, 0.3) is 0 Å². The molecule has 0 fully saturated rings. The second-order valence-electron chi connectivity index (χ2n) is 5.06. The van der Waals surface area contributed by atoms with Gasteiger partial charge in [-0.1, -0.05) is 13.8 Å². The highest BCUT2D eigenvalue weighted by atomic mass is 19.1. The first-order chi connectivity index (χ1) is 9.81. The number of carbonyl (C=O) groups is 3. The van der Waals surface area contributed by atoms with Crippen LogP contribution in [0.2, 0.25) is 0 Å². The third-order valence-electron chi connectivity index (χ3n) is 2.99. The van der Waals surface area contributed by atoms with Crippen molar-refractivity contribution in [3.05, 3.63) is 35.6 Å². The number of carboxylic acid groups (broad SMARTS) is 1. The van der Waals surface area contributed by atoms with Crippen molar-refractivity contribution in [2.45, 2.75) is 32.7 Å². The molecule has 2 N–H and O–H groups in total. The maximum atomic E-state index is 12.7. The number of hydrogen-bond acceptors (Lipinski definition) is 3. The van der Waals surface area contributed by atoms with E-state index < -0.39 is 23.7 Å². The van der Waals surface area contributed by atoms with Crippen LogP contribution in [-0.4, -0.2) is 28.8 Å². The fraction of sp³-hybridized carbons (Fsp3) is 0.400. The van der Waals surface area contributed by atoms with Crippen LogP contribution in [0.1, 0.15) is 37.0 Å². The standard InChI is InChI=1S/C15H18FNO4/c1-9(2)14(15(20)21)17-13(19)8-7-12(18)10-3-5-11(16)6-4-10/h3-6,9,14H,7-8H2,1-2H3,(H,17,19)(H,20,21). The zero-order chi connectivity index (χ0) is 16.0. The fourth-order valence-corrected chi connectivity index (χ4v) is 1.77. The second kappa shape index (κ2) is 7.52. The summed E-state index contributed by atoms with van der Waals surface area (Å²) in [4.78, 5) is 34.4. The van der Waals surface area contributed by atoms with Gasteiger partial charge in [-0.15, -0.1) is 0 Å². The summed E-state index contributed by atoms with van der Waals surface area (Å²) in [6.45, 7) is 3.37. The molecule has 0 saturated carbocycles. The zero-order valence-corrected chi connectivity index (χ0v) is 11.9. The van der Waals surface area contributed by atoms with E-state index in [1.165, 1.54) is 24.3 Å². The largest absolute Gasteiger partial charge is 0.480 e. The molecule has 1 amide bonds. The Labute approximate surface area is 122 Å². The highest BCUT2D eigenvalue weighted by molar-refractivity contribution is 5.98. The minimum absolute atomic E-state index is 0.0537. The molecular weight excluding hydrogens is 277 g/mol. The number of carboxylic acids is 1. The van der Waals surface area contributed by atoms with Gasteiger partial charge >= 0.3 is 5.97 Å². The third-order valence-corrected chi connectivity index (χ3v) is 2.99. The summed E-state index contributed by atoms with van der Waals surface area (Å²) in [5.74, 6) is -2.58. The Morgan fingerprint density at radius 3 is 2.19 bits per heavy atom. The van der Waals surface area contributed by atoms with E-state index in [4.69, 9.17) is 5.11 Å². The molecule has 0 aliphatic rings. The molecule has 0 aliphatic heterocycles. The van der Waals surface area contributed by atoms with Crippen molar-refractivity contribution in [2.75, 3.05) is 0 Å². The monoisotopic (exact) mass is 295 g/mol. The van der Waals surface area contributed by atoms with Crippen LogP contribution in [0.3, 0.4) is 0 Å². The van der Waals surface area contributed by atoms with Gasteiger partial charge in [-0.3, -0.25) is 9.59 Å². The topological polar surface area (TPSA) is 83.5 Å². The van der Waals surface area contributed by atoms with Crippen LogP contribution < -0.4 is 5.32 Å². The first-order valence-corrected chi connectivity index (χ1v) is 6.62. The average molecular weight is 295 g/mol. The van der Waals surface area contributed by atoms with Crippen molar-refractivity contribution >= 4 is 17.7 Å². The van der Waals surface area contributed by atoms with Gasteiger partial charge in [0.25, 0.3) is 0 Å². The van der Waals surface area contributed by atoms with E-state index in [1.54, 1.807) is 13.8 Å². The Kier molecular flexibility index (Phi) is 6.02. The molecule has 21 heavy (non-hydrogen) atoms. The van der Waals surface area contributed by atoms with Gasteiger partial charge in [-0.25, -0.2) is 9.18 Å². The predicted molar refractivity (Wildman–Crippen MR) is 74.4 cm³/mol. The highest BCUT2D eigenvalue weighted by Gasteiger charge is 2.23. The average Bonchev–Trinajstić information content (AvgIpc) is 2.42. The number of hydrogen-bond donors (Lipinski definition) is 2. The zero-order valence-electron chi connectivity index (χ0n) is 11.9. The molecule has 1 unspecified atom stereocenters. The van der Waals surface area contributed by atoms with Crippen molar-refractivity contribution < 1.29 is 23.9 Å². The summed E-state index contributed by atoms with van der Waals surface area (Å²) in [5, 5.41) is 11.3. The summed E-state index contributed by atoms with van der Waals surface area (Å²) in [6, 6.07) is 4.07. The lowest BCUT2D eigenvalue weighted by atomic mass is 10.0. The van der Waals surface area contributed by atoms with Crippen LogP contribution in [-0.2, 0) is 9.59 Å². The Hall–Kier alpha value is -2.24. The van der Waals surface area contributed by atoms with E-state index in [2.05, 4.69) is 5.32 Å². The van der Waals surface area contributed by atoms with Gasteiger partial charge in [0, 0.05) is 18.4 Å². The minimum atomic E-state index is -1.11. The molecule has 0 aromatic heterocycles. The molecular formula is C15H18FNO4. The van der Waals surface area contributed by atoms with E-state index in [-0.39, 0.29) is 24.5 Å². The lowest BCUT2D eigenvalue weighted by molar-refractivity contribution is -0.143. The number of halogens is 1. The quantitative estimate of drug-likeness (QED) is 0.754. The SMILES string of the molecule is CC(C)C(NC(=O)CCC(=O)c1ccc(F)cc1)C(=O)O. The molecule has 0 radical (unpaired) electrons. The Morgan fingerprint density at radius 1 is 1.14 bits per heavy atom. The number of aliphatic carboxylic acids is 1. The van der Waals surface area contributed by atoms with Crippen molar-refractivity contribution in [3.8, 4) is 0 Å². The molecule has 0 bridgehead atoms. The van der Waals surface area contributed by atoms with E-state index in [1.807, 2.05) is 0 Å². The highest BCUT2D eigenvalue weighted by Crippen LogP contribution is 2.08. The number of rotatable bonds is 7. The molecule has 1 aromatic carbocycles. The van der Waals surface area contributed by atoms with Gasteiger partial charge in [-0.2, -0.15) is 0 Å². The number of carbonyl (C=O) groups excluding carboxylic acids is 2. The molecule has 1 atom stereocenters. The summed E-state index contributed by atoms with van der Waals surface area (Å²) >= 11 is 0. The van der Waals surface area contributed by atoms with Gasteiger partial charge in [-0.05, 0) is 30.2 Å². The van der Waals surface area contributed by atoms with Crippen molar-refractivity contribution in [1.82, 2.24) is 5.32 Å². The Morgan fingerprint density at radius 2 is 1.71 bits per heavy atom. The number of Topliss-reactive ketones (excluding diaryl/α,β-unsaturated/α-hetero) is 1. The van der Waals surface area contributed by atoms with Crippen LogP contribution >= 0.6 is 0 Å². The molecule has 0 heterocycles. The van der Waals surface area contributed by atoms with Crippen LogP contribution in [0.5, 0.6) is 0 Å². The van der Waals surface area contributed by atoms with Crippen LogP contribution in [0.4, 0.5) is 4.39 Å². The van der Waals surface area contributed by atoms with E-state index in [9.17, 15) is 18.8 Å². The lowest BCUT2D eigenvalue weighted by Crippen LogP contribution is -2.44. The summed E-state index contributed by atoms with van der Waals surface area (Å²) in [5.41, 5.74) is 0.322. The lowest BCUT2D eigenvalue weighted by Gasteiger charge is -2.17. The Balaban J connectivity index is 2.51. The molecule has 114 valence electrons. The molecule has 5 nitrogen and oxygen atoms in total. The smallest absolute Gasteiger partial charge is 0.326 e. The van der Waals surface area contributed by atoms with E-state index in [0.29, 0.717) is 5.56 Å². The molecule has 6 heteroatoms. The first-order valence-electron chi connectivity index (χ1n) is 6.62. The Bertz CT molecular complexity index is 525. The van der Waals surface area contributed by atoms with Crippen LogP contribution in [0, 0.1) is 11.7 Å². The summed E-state index contributed by atoms with van der Waals surface area (Å²) in [7, 11) is 0. The maximum Gasteiger partial charge on any atom is 0.326 e. The van der Waals surface area contributed by atoms with E-state index in [0.717, 1.165) is 0 Å². The number of amides is 1. The third kappa shape index (κ3) is 5.33. The second-order valence-corrected chi connectivity index (χ2v) is 5.06. The summed E-state index contributed by atoms with van der Waals surface area (Å²) < 4.78 is 12.7. The molecule has 0 spiro atoms. The van der Waals surface area contributed by atoms with Crippen molar-refractivity contribution in [2.24, 2.45) is 5.92 Å². The number of ketones is 1. The number of nitrogens with one attached hydrogen (secondary N) is 1. The van der Waals surface area contributed by atoms with Crippen LogP contribution in [0.15, 0.2) is 24.3 Å². The van der Waals surface area contributed by atoms with Gasteiger partial charge in [0.05, 0.1) is 0 Å². The van der Waals surface area contributed by atoms with Gasteiger partial charge in [0.1, 0.15) is 11.9 Å². The van der Waals surface area contributed by atoms with Gasteiger partial charge in [0.15, 0.2) is 5.78 Å².